The number of benzene rings is 1. The first kappa shape index (κ1) is 17.2. The molecular formula is C16H27NO2S. The Bertz CT molecular complexity index is 480. The lowest BCUT2D eigenvalue weighted by Crippen LogP contribution is -2.16. The van der Waals surface area contributed by atoms with Gasteiger partial charge in [-0.25, -0.2) is 8.42 Å². The SMILES string of the molecule is CCCCCCCC(NC)c1ccc(S(C)(=O)=O)cc1. The Kier molecular flexibility index (Phi) is 7.24. The summed E-state index contributed by atoms with van der Waals surface area (Å²) in [6.45, 7) is 2.22. The van der Waals surface area contributed by atoms with Crippen molar-refractivity contribution in [2.45, 2.75) is 56.4 Å². The van der Waals surface area contributed by atoms with E-state index in [1.165, 1.54) is 38.4 Å². The largest absolute Gasteiger partial charge is 0.313 e. The van der Waals surface area contributed by atoms with Crippen LogP contribution in [0.25, 0.3) is 0 Å². The van der Waals surface area contributed by atoms with E-state index >= 15 is 0 Å². The molecule has 0 fully saturated rings. The molecule has 0 aromatic heterocycles. The van der Waals surface area contributed by atoms with Crippen molar-refractivity contribution in [1.82, 2.24) is 5.32 Å². The van der Waals surface area contributed by atoms with Gasteiger partial charge in [0.25, 0.3) is 0 Å². The van der Waals surface area contributed by atoms with E-state index in [-0.39, 0.29) is 0 Å². The summed E-state index contributed by atoms with van der Waals surface area (Å²) in [5, 5.41) is 3.32. The third-order valence-corrected chi connectivity index (χ3v) is 4.78. The average Bonchev–Trinajstić information content (AvgIpc) is 2.42. The van der Waals surface area contributed by atoms with Crippen LogP contribution in [0.5, 0.6) is 0 Å². The number of rotatable bonds is 9. The first-order chi connectivity index (χ1) is 9.49. The second-order valence-corrected chi connectivity index (χ2v) is 7.40. The summed E-state index contributed by atoms with van der Waals surface area (Å²) in [6.07, 6.45) is 8.70. The van der Waals surface area contributed by atoms with Gasteiger partial charge < -0.3 is 5.32 Å². The van der Waals surface area contributed by atoms with E-state index in [0.29, 0.717) is 10.9 Å². The maximum atomic E-state index is 11.4. The van der Waals surface area contributed by atoms with Crippen LogP contribution in [0.4, 0.5) is 0 Å². The van der Waals surface area contributed by atoms with E-state index in [1.54, 1.807) is 12.1 Å². The number of nitrogens with one attached hydrogen (secondary N) is 1. The van der Waals surface area contributed by atoms with Gasteiger partial charge in [0, 0.05) is 12.3 Å². The van der Waals surface area contributed by atoms with Crippen molar-refractivity contribution in [3.63, 3.8) is 0 Å². The zero-order valence-electron chi connectivity index (χ0n) is 12.9. The average molecular weight is 297 g/mol. The van der Waals surface area contributed by atoms with Gasteiger partial charge in [-0.2, -0.15) is 0 Å². The predicted molar refractivity (Wildman–Crippen MR) is 84.7 cm³/mol. The topological polar surface area (TPSA) is 46.2 Å². The second-order valence-electron chi connectivity index (χ2n) is 5.39. The van der Waals surface area contributed by atoms with Gasteiger partial charge in [-0.15, -0.1) is 0 Å². The lowest BCUT2D eigenvalue weighted by atomic mass is 10.00. The highest BCUT2D eigenvalue weighted by atomic mass is 32.2. The predicted octanol–water partition coefficient (Wildman–Crippen LogP) is 3.71. The van der Waals surface area contributed by atoms with E-state index in [1.807, 2.05) is 19.2 Å². The summed E-state index contributed by atoms with van der Waals surface area (Å²) in [7, 11) is -1.14. The van der Waals surface area contributed by atoms with Crippen LogP contribution in [0.2, 0.25) is 0 Å². The smallest absolute Gasteiger partial charge is 0.175 e. The zero-order chi connectivity index (χ0) is 15.0. The highest BCUT2D eigenvalue weighted by molar-refractivity contribution is 7.90. The van der Waals surface area contributed by atoms with Crippen molar-refractivity contribution >= 4 is 9.84 Å². The Hall–Kier alpha value is -0.870. The molecule has 0 heterocycles. The summed E-state index contributed by atoms with van der Waals surface area (Å²) in [6, 6.07) is 7.55. The van der Waals surface area contributed by atoms with Crippen LogP contribution in [0, 0.1) is 0 Å². The van der Waals surface area contributed by atoms with Crippen molar-refractivity contribution < 1.29 is 8.42 Å². The standard InChI is InChI=1S/C16H27NO2S/c1-4-5-6-7-8-9-16(17-2)14-10-12-15(13-11-14)20(3,18)19/h10-13,16-17H,4-9H2,1-3H3. The molecule has 4 heteroatoms. The third-order valence-electron chi connectivity index (χ3n) is 3.66. The minimum Gasteiger partial charge on any atom is -0.313 e. The molecule has 0 aliphatic carbocycles. The molecule has 0 aliphatic rings. The molecule has 0 bridgehead atoms. The molecule has 3 nitrogen and oxygen atoms in total. The fraction of sp³-hybridized carbons (Fsp3) is 0.625. The van der Waals surface area contributed by atoms with Crippen LogP contribution in [0.3, 0.4) is 0 Å². The molecule has 0 amide bonds. The third kappa shape index (κ3) is 5.63. The zero-order valence-corrected chi connectivity index (χ0v) is 13.7. The van der Waals surface area contributed by atoms with E-state index in [9.17, 15) is 8.42 Å². The summed E-state index contributed by atoms with van der Waals surface area (Å²) in [5.74, 6) is 0. The Morgan fingerprint density at radius 1 is 1.05 bits per heavy atom. The number of unbranched alkanes of at least 4 members (excludes halogenated alkanes) is 4. The maximum Gasteiger partial charge on any atom is 0.175 e. The molecule has 0 aliphatic heterocycles. The monoisotopic (exact) mass is 297 g/mol. The minimum absolute atomic E-state index is 0.310. The van der Waals surface area contributed by atoms with Crippen molar-refractivity contribution in [2.75, 3.05) is 13.3 Å². The van der Waals surface area contributed by atoms with Crippen molar-refractivity contribution in [3.05, 3.63) is 29.8 Å². The van der Waals surface area contributed by atoms with Crippen LogP contribution in [-0.2, 0) is 9.84 Å². The summed E-state index contributed by atoms with van der Waals surface area (Å²) >= 11 is 0. The van der Waals surface area contributed by atoms with E-state index in [2.05, 4.69) is 12.2 Å². The summed E-state index contributed by atoms with van der Waals surface area (Å²) in [4.78, 5) is 0.388. The molecular weight excluding hydrogens is 270 g/mol. The number of hydrogen-bond acceptors (Lipinski definition) is 3. The second kappa shape index (κ2) is 8.42. The molecule has 0 spiro atoms. The highest BCUT2D eigenvalue weighted by Gasteiger charge is 2.11. The normalized spacial score (nSPS) is 13.3. The molecule has 1 rings (SSSR count). The van der Waals surface area contributed by atoms with Crippen LogP contribution < -0.4 is 5.32 Å². The molecule has 1 N–H and O–H groups in total. The van der Waals surface area contributed by atoms with E-state index in [4.69, 9.17) is 0 Å². The van der Waals surface area contributed by atoms with E-state index < -0.39 is 9.84 Å². The lowest BCUT2D eigenvalue weighted by Gasteiger charge is -2.17. The number of hydrogen-bond donors (Lipinski definition) is 1. The quantitative estimate of drug-likeness (QED) is 0.707. The highest BCUT2D eigenvalue weighted by Crippen LogP contribution is 2.21. The van der Waals surface area contributed by atoms with Crippen molar-refractivity contribution in [1.29, 1.82) is 0 Å². The van der Waals surface area contributed by atoms with Crippen LogP contribution >= 0.6 is 0 Å². The Morgan fingerprint density at radius 3 is 2.15 bits per heavy atom. The molecule has 20 heavy (non-hydrogen) atoms. The Morgan fingerprint density at radius 2 is 1.65 bits per heavy atom. The van der Waals surface area contributed by atoms with Crippen LogP contribution in [-0.4, -0.2) is 21.7 Å². The van der Waals surface area contributed by atoms with Crippen LogP contribution in [0.1, 0.15) is 57.1 Å². The van der Waals surface area contributed by atoms with Gasteiger partial charge in [0.2, 0.25) is 0 Å². The first-order valence-electron chi connectivity index (χ1n) is 7.46. The minimum atomic E-state index is -3.10. The summed E-state index contributed by atoms with van der Waals surface area (Å²) < 4.78 is 22.9. The lowest BCUT2D eigenvalue weighted by molar-refractivity contribution is 0.500. The van der Waals surface area contributed by atoms with Gasteiger partial charge in [-0.3, -0.25) is 0 Å². The fourth-order valence-electron chi connectivity index (χ4n) is 2.38. The first-order valence-corrected chi connectivity index (χ1v) is 9.35. The van der Waals surface area contributed by atoms with Gasteiger partial charge in [-0.05, 0) is 31.2 Å². The fourth-order valence-corrected chi connectivity index (χ4v) is 3.01. The molecule has 1 unspecified atom stereocenters. The molecule has 1 atom stereocenters. The molecule has 0 saturated heterocycles. The van der Waals surface area contributed by atoms with Gasteiger partial charge >= 0.3 is 0 Å². The molecule has 1 aromatic rings. The Labute approximate surface area is 123 Å². The van der Waals surface area contributed by atoms with Crippen molar-refractivity contribution in [3.8, 4) is 0 Å². The van der Waals surface area contributed by atoms with Gasteiger partial charge in [0.05, 0.1) is 4.90 Å². The maximum absolute atomic E-state index is 11.4. The van der Waals surface area contributed by atoms with Gasteiger partial charge in [-0.1, -0.05) is 51.2 Å². The van der Waals surface area contributed by atoms with E-state index in [0.717, 1.165) is 12.0 Å². The van der Waals surface area contributed by atoms with Gasteiger partial charge in [0.15, 0.2) is 9.84 Å². The van der Waals surface area contributed by atoms with Crippen LogP contribution in [0.15, 0.2) is 29.2 Å². The van der Waals surface area contributed by atoms with Crippen molar-refractivity contribution in [2.24, 2.45) is 0 Å². The summed E-state index contributed by atoms with van der Waals surface area (Å²) in [5.41, 5.74) is 1.16. The molecule has 114 valence electrons. The number of sulfone groups is 1. The van der Waals surface area contributed by atoms with Gasteiger partial charge in [0.1, 0.15) is 0 Å². The molecule has 0 saturated carbocycles. The Balaban J connectivity index is 2.57. The molecule has 0 radical (unpaired) electrons. The molecule has 1 aromatic carbocycles.